The van der Waals surface area contributed by atoms with Gasteiger partial charge in [-0.05, 0) is 54.5 Å². The molecule has 2 aliphatic rings. The van der Waals surface area contributed by atoms with Crippen molar-refractivity contribution in [3.8, 4) is 5.75 Å². The molecule has 0 amide bonds. The number of hydrogen-bond acceptors (Lipinski definition) is 2. The lowest BCUT2D eigenvalue weighted by molar-refractivity contribution is 0.228. The van der Waals surface area contributed by atoms with Crippen molar-refractivity contribution in [1.29, 1.82) is 0 Å². The van der Waals surface area contributed by atoms with Crippen LogP contribution in [0.4, 0.5) is 0 Å². The molecule has 0 aromatic heterocycles. The summed E-state index contributed by atoms with van der Waals surface area (Å²) < 4.78 is 5.62. The zero-order valence-electron chi connectivity index (χ0n) is 14.7. The van der Waals surface area contributed by atoms with Gasteiger partial charge in [0, 0.05) is 18.5 Å². The Morgan fingerprint density at radius 2 is 1.92 bits per heavy atom. The van der Waals surface area contributed by atoms with Crippen LogP contribution in [0.3, 0.4) is 0 Å². The number of methoxy groups -OCH3 is 1. The Labute approximate surface area is 145 Å². The average Bonchev–Trinajstić information content (AvgIpc) is 3.00. The van der Waals surface area contributed by atoms with Crippen LogP contribution in [0.1, 0.15) is 36.0 Å². The second-order valence-corrected chi connectivity index (χ2v) is 7.18. The molecule has 3 atom stereocenters. The molecule has 24 heavy (non-hydrogen) atoms. The second-order valence-electron chi connectivity index (χ2n) is 7.18. The predicted molar refractivity (Wildman–Crippen MR) is 98.7 cm³/mol. The molecule has 1 saturated heterocycles. The Kier molecular flexibility index (Phi) is 4.32. The largest absolute Gasteiger partial charge is 0.496 e. The predicted octanol–water partition coefficient (Wildman–Crippen LogP) is 4.29. The fourth-order valence-electron chi connectivity index (χ4n) is 4.98. The van der Waals surface area contributed by atoms with E-state index in [1.165, 1.54) is 30.5 Å². The first-order valence-electron chi connectivity index (χ1n) is 9.25. The van der Waals surface area contributed by atoms with Gasteiger partial charge in [0.25, 0.3) is 0 Å². The fourth-order valence-corrected chi connectivity index (χ4v) is 4.98. The molecule has 0 saturated carbocycles. The number of ether oxygens (including phenoxy) is 1. The van der Waals surface area contributed by atoms with Gasteiger partial charge in [-0.2, -0.15) is 0 Å². The van der Waals surface area contributed by atoms with Crippen LogP contribution in [0.2, 0.25) is 0 Å². The van der Waals surface area contributed by atoms with E-state index < -0.39 is 0 Å². The molecule has 2 nitrogen and oxygen atoms in total. The van der Waals surface area contributed by atoms with Crippen LogP contribution in [0.15, 0.2) is 48.5 Å². The third-order valence-electron chi connectivity index (χ3n) is 6.12. The van der Waals surface area contributed by atoms with Crippen molar-refractivity contribution in [3.05, 3.63) is 65.2 Å². The van der Waals surface area contributed by atoms with Gasteiger partial charge < -0.3 is 4.74 Å². The van der Waals surface area contributed by atoms with Crippen LogP contribution in [0, 0.1) is 5.92 Å². The minimum absolute atomic E-state index is 0.664. The Bertz CT molecular complexity index is 696. The quantitative estimate of drug-likeness (QED) is 0.833. The van der Waals surface area contributed by atoms with Crippen LogP contribution < -0.4 is 4.74 Å². The Morgan fingerprint density at radius 1 is 1.08 bits per heavy atom. The van der Waals surface area contributed by atoms with Crippen molar-refractivity contribution in [2.24, 2.45) is 5.92 Å². The summed E-state index contributed by atoms with van der Waals surface area (Å²) in [7, 11) is 1.80. The topological polar surface area (TPSA) is 12.5 Å². The molecule has 1 heterocycles. The minimum Gasteiger partial charge on any atom is -0.496 e. The van der Waals surface area contributed by atoms with Crippen molar-refractivity contribution < 1.29 is 4.74 Å². The van der Waals surface area contributed by atoms with Crippen LogP contribution in [0.25, 0.3) is 0 Å². The van der Waals surface area contributed by atoms with Crippen LogP contribution in [-0.2, 0) is 12.8 Å². The first-order chi connectivity index (χ1) is 11.8. The molecule has 1 aliphatic carbocycles. The molecule has 0 radical (unpaired) electrons. The maximum absolute atomic E-state index is 5.62. The number of likely N-dealkylation sites (tertiary alicyclic amines) is 1. The van der Waals surface area contributed by atoms with Crippen LogP contribution >= 0.6 is 0 Å². The van der Waals surface area contributed by atoms with Gasteiger partial charge >= 0.3 is 0 Å². The van der Waals surface area contributed by atoms with Crippen molar-refractivity contribution in [2.75, 3.05) is 20.2 Å². The number of nitrogens with zero attached hydrogens (tertiary/aromatic N) is 1. The average molecular weight is 321 g/mol. The lowest BCUT2D eigenvalue weighted by atomic mass is 9.73. The van der Waals surface area contributed by atoms with Gasteiger partial charge in [-0.15, -0.1) is 0 Å². The Balaban J connectivity index is 1.65. The van der Waals surface area contributed by atoms with Crippen molar-refractivity contribution >= 4 is 0 Å². The smallest absolute Gasteiger partial charge is 0.122 e. The van der Waals surface area contributed by atoms with E-state index in [0.29, 0.717) is 12.0 Å². The Hall–Kier alpha value is -1.80. The molecular weight excluding hydrogens is 294 g/mol. The van der Waals surface area contributed by atoms with E-state index in [9.17, 15) is 0 Å². The molecule has 0 bridgehead atoms. The molecule has 1 fully saturated rings. The normalized spacial score (nSPS) is 26.0. The lowest BCUT2D eigenvalue weighted by Crippen LogP contribution is -2.35. The highest BCUT2D eigenvalue weighted by Gasteiger charge is 2.44. The first-order valence-corrected chi connectivity index (χ1v) is 9.25. The van der Waals surface area contributed by atoms with E-state index in [1.807, 2.05) is 0 Å². The van der Waals surface area contributed by atoms with Crippen molar-refractivity contribution in [1.82, 2.24) is 4.90 Å². The maximum atomic E-state index is 5.62. The lowest BCUT2D eigenvalue weighted by Gasteiger charge is -2.32. The van der Waals surface area contributed by atoms with Gasteiger partial charge in [0.2, 0.25) is 0 Å². The summed E-state index contributed by atoms with van der Waals surface area (Å²) >= 11 is 0. The molecule has 1 unspecified atom stereocenters. The van der Waals surface area contributed by atoms with E-state index in [1.54, 1.807) is 12.7 Å². The highest BCUT2D eigenvalue weighted by Crippen LogP contribution is 2.47. The third kappa shape index (κ3) is 2.63. The summed E-state index contributed by atoms with van der Waals surface area (Å²) in [6.45, 7) is 4.64. The number of benzene rings is 2. The summed E-state index contributed by atoms with van der Waals surface area (Å²) in [6.07, 6.45) is 3.62. The minimum atomic E-state index is 0.664. The summed E-state index contributed by atoms with van der Waals surface area (Å²) in [6, 6.07) is 18.3. The standard InChI is InChI=1S/C22H27NO/c1-3-23-15-20-17-10-7-11-22(24-2)19(17)13-12-18(20)21(23)14-16-8-5-4-6-9-16/h4-11,18,20-21H,3,12-15H2,1-2H3/t18?,20-,21-/m1/s1. The molecule has 2 aromatic carbocycles. The number of rotatable bonds is 4. The van der Waals surface area contributed by atoms with Gasteiger partial charge in [-0.1, -0.05) is 49.4 Å². The van der Waals surface area contributed by atoms with E-state index >= 15 is 0 Å². The third-order valence-corrected chi connectivity index (χ3v) is 6.12. The molecular formula is C22H27NO. The second kappa shape index (κ2) is 6.60. The molecule has 0 N–H and O–H groups in total. The molecule has 4 rings (SSSR count). The van der Waals surface area contributed by atoms with Crippen molar-refractivity contribution in [2.45, 2.75) is 38.1 Å². The van der Waals surface area contributed by atoms with Gasteiger partial charge in [-0.25, -0.2) is 0 Å². The zero-order chi connectivity index (χ0) is 16.5. The number of fused-ring (bicyclic) bond motifs is 3. The monoisotopic (exact) mass is 321 g/mol. The summed E-state index contributed by atoms with van der Waals surface area (Å²) in [5.41, 5.74) is 4.47. The molecule has 2 aromatic rings. The van der Waals surface area contributed by atoms with Gasteiger partial charge in [0.05, 0.1) is 7.11 Å². The summed E-state index contributed by atoms with van der Waals surface area (Å²) in [5.74, 6) is 2.52. The highest BCUT2D eigenvalue weighted by atomic mass is 16.5. The van der Waals surface area contributed by atoms with E-state index in [0.717, 1.165) is 24.6 Å². The highest BCUT2D eigenvalue weighted by molar-refractivity contribution is 5.45. The number of hydrogen-bond donors (Lipinski definition) is 0. The molecule has 0 spiro atoms. The fraction of sp³-hybridized carbons (Fsp3) is 0.455. The van der Waals surface area contributed by atoms with Gasteiger partial charge in [-0.3, -0.25) is 4.90 Å². The molecule has 126 valence electrons. The summed E-state index contributed by atoms with van der Waals surface area (Å²) in [4.78, 5) is 2.71. The van der Waals surface area contributed by atoms with Crippen LogP contribution in [-0.4, -0.2) is 31.1 Å². The van der Waals surface area contributed by atoms with E-state index in [4.69, 9.17) is 4.74 Å². The van der Waals surface area contributed by atoms with Gasteiger partial charge in [0.15, 0.2) is 0 Å². The number of likely N-dealkylation sites (N-methyl/N-ethyl adjacent to an activating group) is 1. The van der Waals surface area contributed by atoms with Crippen LogP contribution in [0.5, 0.6) is 5.75 Å². The summed E-state index contributed by atoms with van der Waals surface area (Å²) in [5, 5.41) is 0. The maximum Gasteiger partial charge on any atom is 0.122 e. The van der Waals surface area contributed by atoms with Gasteiger partial charge in [0.1, 0.15) is 5.75 Å². The Morgan fingerprint density at radius 3 is 2.67 bits per heavy atom. The molecule has 2 heteroatoms. The first kappa shape index (κ1) is 15.7. The zero-order valence-corrected chi connectivity index (χ0v) is 14.7. The van der Waals surface area contributed by atoms with Crippen molar-refractivity contribution in [3.63, 3.8) is 0 Å². The van der Waals surface area contributed by atoms with E-state index in [-0.39, 0.29) is 0 Å². The molecule has 1 aliphatic heterocycles. The van der Waals surface area contributed by atoms with E-state index in [2.05, 4.69) is 60.4 Å². The SMILES string of the molecule is CCN1C[C@@H]2c3cccc(OC)c3CCC2[C@H]1Cc1ccccc1.